The van der Waals surface area contributed by atoms with Crippen molar-refractivity contribution < 1.29 is 14.3 Å². The number of benzene rings is 1. The molecule has 144 valence electrons. The summed E-state index contributed by atoms with van der Waals surface area (Å²) >= 11 is 2.50. The first-order chi connectivity index (χ1) is 13.6. The van der Waals surface area contributed by atoms with Gasteiger partial charge in [0.25, 0.3) is 5.91 Å². The predicted octanol–water partition coefficient (Wildman–Crippen LogP) is 3.25. The zero-order valence-electron chi connectivity index (χ0n) is 15.1. The van der Waals surface area contributed by atoms with Crippen molar-refractivity contribution in [3.8, 4) is 17.1 Å². The third-order valence-electron chi connectivity index (χ3n) is 3.71. The summed E-state index contributed by atoms with van der Waals surface area (Å²) in [5.41, 5.74) is 0.874. The van der Waals surface area contributed by atoms with Crippen molar-refractivity contribution in [2.24, 2.45) is 0 Å². The summed E-state index contributed by atoms with van der Waals surface area (Å²) in [6.07, 6.45) is 1.74. The molecule has 2 heterocycles. The van der Waals surface area contributed by atoms with Crippen LogP contribution in [0.4, 0.5) is 0 Å². The van der Waals surface area contributed by atoms with Gasteiger partial charge in [0.15, 0.2) is 11.0 Å². The predicted molar refractivity (Wildman–Crippen MR) is 110 cm³/mol. The Hall–Kier alpha value is -2.91. The number of aromatic nitrogens is 3. The Morgan fingerprint density at radius 2 is 2.07 bits per heavy atom. The maximum atomic E-state index is 12.1. The van der Waals surface area contributed by atoms with Gasteiger partial charge < -0.3 is 4.74 Å². The van der Waals surface area contributed by atoms with Gasteiger partial charge in [0.2, 0.25) is 5.91 Å². The molecule has 0 atom stereocenters. The quantitative estimate of drug-likeness (QED) is 0.450. The molecule has 0 saturated heterocycles. The maximum absolute atomic E-state index is 12.1. The summed E-state index contributed by atoms with van der Waals surface area (Å²) in [5.74, 6) is 0.685. The van der Waals surface area contributed by atoms with Crippen LogP contribution < -0.4 is 10.1 Å². The third kappa shape index (κ3) is 4.68. The lowest BCUT2D eigenvalue weighted by Crippen LogP contribution is -2.31. The lowest BCUT2D eigenvalue weighted by molar-refractivity contribution is -0.117. The van der Waals surface area contributed by atoms with E-state index in [2.05, 4.69) is 22.1 Å². The Morgan fingerprint density at radius 3 is 2.71 bits per heavy atom. The number of rotatable bonds is 8. The standard InChI is InChI=1S/C19H18N4O3S2/c1-3-10-23-17(13-6-8-14(26-2)9-7-13)21-22-19(23)28-12-16(24)20-18(25)15-5-4-11-27-15/h3-9,11H,1,10,12H2,2H3,(H,20,24,25). The van der Waals surface area contributed by atoms with E-state index in [0.29, 0.717) is 22.4 Å². The van der Waals surface area contributed by atoms with Gasteiger partial charge in [-0.3, -0.25) is 19.5 Å². The van der Waals surface area contributed by atoms with Gasteiger partial charge in [-0.2, -0.15) is 0 Å². The molecule has 1 aromatic carbocycles. The number of thioether (sulfide) groups is 1. The van der Waals surface area contributed by atoms with Gasteiger partial charge in [0.1, 0.15) is 5.75 Å². The molecule has 0 radical (unpaired) electrons. The number of hydrogen-bond acceptors (Lipinski definition) is 7. The average molecular weight is 415 g/mol. The lowest BCUT2D eigenvalue weighted by Gasteiger charge is -2.08. The first kappa shape index (κ1) is 19.8. The van der Waals surface area contributed by atoms with Crippen LogP contribution in [0.15, 0.2) is 59.6 Å². The number of thiophene rings is 1. The van der Waals surface area contributed by atoms with Crippen LogP contribution in [-0.4, -0.2) is 39.4 Å². The van der Waals surface area contributed by atoms with Crippen molar-refractivity contribution in [2.45, 2.75) is 11.7 Å². The van der Waals surface area contributed by atoms with E-state index in [4.69, 9.17) is 4.74 Å². The normalized spacial score (nSPS) is 10.5. The zero-order chi connectivity index (χ0) is 19.9. The first-order valence-electron chi connectivity index (χ1n) is 8.31. The Labute approximate surface area is 170 Å². The Morgan fingerprint density at radius 1 is 1.29 bits per heavy atom. The summed E-state index contributed by atoms with van der Waals surface area (Å²) in [6.45, 7) is 4.27. The van der Waals surface area contributed by atoms with E-state index in [9.17, 15) is 9.59 Å². The molecule has 0 aliphatic rings. The molecule has 0 unspecified atom stereocenters. The zero-order valence-corrected chi connectivity index (χ0v) is 16.8. The molecule has 9 heteroatoms. The van der Waals surface area contributed by atoms with Gasteiger partial charge in [0.05, 0.1) is 17.7 Å². The Bertz CT molecular complexity index is 966. The van der Waals surface area contributed by atoms with Gasteiger partial charge in [-0.15, -0.1) is 28.1 Å². The van der Waals surface area contributed by atoms with Crippen LogP contribution >= 0.6 is 23.1 Å². The number of methoxy groups -OCH3 is 1. The van der Waals surface area contributed by atoms with E-state index < -0.39 is 5.91 Å². The maximum Gasteiger partial charge on any atom is 0.267 e. The molecule has 2 amide bonds. The third-order valence-corrected chi connectivity index (χ3v) is 5.54. The van der Waals surface area contributed by atoms with E-state index in [1.165, 1.54) is 23.1 Å². The molecule has 0 bridgehead atoms. The summed E-state index contributed by atoms with van der Waals surface area (Å²) in [6, 6.07) is 10.9. The minimum absolute atomic E-state index is 0.0506. The van der Waals surface area contributed by atoms with Crippen molar-refractivity contribution in [3.63, 3.8) is 0 Å². The van der Waals surface area contributed by atoms with Gasteiger partial charge >= 0.3 is 0 Å². The molecule has 0 saturated carbocycles. The summed E-state index contributed by atoms with van der Waals surface area (Å²) in [5, 5.41) is 13.2. The second kappa shape index (κ2) is 9.34. The number of carbonyl (C=O) groups excluding carboxylic acids is 2. The van der Waals surface area contributed by atoms with E-state index in [1.807, 2.05) is 28.8 Å². The van der Waals surface area contributed by atoms with Crippen LogP contribution in [0.5, 0.6) is 5.75 Å². The molecular weight excluding hydrogens is 396 g/mol. The topological polar surface area (TPSA) is 86.1 Å². The molecule has 0 fully saturated rings. The molecule has 1 N–H and O–H groups in total. The number of carbonyl (C=O) groups is 2. The van der Waals surface area contributed by atoms with E-state index in [1.54, 1.807) is 30.7 Å². The first-order valence-corrected chi connectivity index (χ1v) is 10.2. The highest BCUT2D eigenvalue weighted by Gasteiger charge is 2.16. The number of imide groups is 1. The van der Waals surface area contributed by atoms with Crippen molar-refractivity contribution in [3.05, 3.63) is 59.3 Å². The fourth-order valence-electron chi connectivity index (χ4n) is 2.40. The van der Waals surface area contributed by atoms with Crippen LogP contribution in [0.25, 0.3) is 11.4 Å². The lowest BCUT2D eigenvalue weighted by atomic mass is 10.2. The second-order valence-corrected chi connectivity index (χ2v) is 7.47. The fraction of sp³-hybridized carbons (Fsp3) is 0.158. The van der Waals surface area contributed by atoms with Gasteiger partial charge in [0, 0.05) is 12.1 Å². The SMILES string of the molecule is C=CCn1c(SCC(=O)NC(=O)c2cccs2)nnc1-c1ccc(OC)cc1. The monoisotopic (exact) mass is 414 g/mol. The number of allylic oxidation sites excluding steroid dienone is 1. The Balaban J connectivity index is 1.69. The van der Waals surface area contributed by atoms with Crippen LogP contribution in [-0.2, 0) is 11.3 Å². The number of nitrogens with one attached hydrogen (secondary N) is 1. The van der Waals surface area contributed by atoms with Gasteiger partial charge in [-0.05, 0) is 35.7 Å². The van der Waals surface area contributed by atoms with E-state index in [0.717, 1.165) is 11.3 Å². The summed E-state index contributed by atoms with van der Waals surface area (Å²) in [4.78, 5) is 24.5. The molecule has 2 aromatic heterocycles. The molecule has 7 nitrogen and oxygen atoms in total. The van der Waals surface area contributed by atoms with Crippen molar-refractivity contribution in [1.29, 1.82) is 0 Å². The largest absolute Gasteiger partial charge is 0.497 e. The highest BCUT2D eigenvalue weighted by Crippen LogP contribution is 2.25. The van der Waals surface area contributed by atoms with Crippen LogP contribution in [0, 0.1) is 0 Å². The van der Waals surface area contributed by atoms with E-state index >= 15 is 0 Å². The van der Waals surface area contributed by atoms with Crippen LogP contribution in [0.2, 0.25) is 0 Å². The van der Waals surface area contributed by atoms with Gasteiger partial charge in [-0.1, -0.05) is 23.9 Å². The number of ether oxygens (including phenoxy) is 1. The molecule has 0 spiro atoms. The average Bonchev–Trinajstić information content (AvgIpc) is 3.37. The molecule has 3 aromatic rings. The highest BCUT2D eigenvalue weighted by atomic mass is 32.2. The number of hydrogen-bond donors (Lipinski definition) is 1. The van der Waals surface area contributed by atoms with Crippen LogP contribution in [0.3, 0.4) is 0 Å². The molecule has 28 heavy (non-hydrogen) atoms. The molecule has 0 aliphatic carbocycles. The fourth-order valence-corrected chi connectivity index (χ4v) is 3.77. The van der Waals surface area contributed by atoms with Gasteiger partial charge in [-0.25, -0.2) is 0 Å². The van der Waals surface area contributed by atoms with Crippen molar-refractivity contribution in [1.82, 2.24) is 20.1 Å². The molecule has 0 aliphatic heterocycles. The van der Waals surface area contributed by atoms with Crippen LogP contribution in [0.1, 0.15) is 9.67 Å². The summed E-state index contributed by atoms with van der Waals surface area (Å²) < 4.78 is 7.05. The highest BCUT2D eigenvalue weighted by molar-refractivity contribution is 7.99. The summed E-state index contributed by atoms with van der Waals surface area (Å²) in [7, 11) is 1.61. The number of amides is 2. The minimum atomic E-state index is -0.396. The van der Waals surface area contributed by atoms with Crippen molar-refractivity contribution in [2.75, 3.05) is 12.9 Å². The second-order valence-electron chi connectivity index (χ2n) is 5.58. The molecular formula is C19H18N4O3S2. The minimum Gasteiger partial charge on any atom is -0.497 e. The number of nitrogens with zero attached hydrogens (tertiary/aromatic N) is 3. The molecule has 3 rings (SSSR count). The van der Waals surface area contributed by atoms with Crippen molar-refractivity contribution >= 4 is 34.9 Å². The smallest absolute Gasteiger partial charge is 0.267 e. The van der Waals surface area contributed by atoms with E-state index in [-0.39, 0.29) is 11.7 Å². The Kier molecular flexibility index (Phi) is 6.62.